The molecule has 3 rings (SSSR count). The summed E-state index contributed by atoms with van der Waals surface area (Å²) in [5, 5.41) is 8.12. The van der Waals surface area contributed by atoms with E-state index in [1.807, 2.05) is 19.2 Å². The van der Waals surface area contributed by atoms with Gasteiger partial charge in [-0.25, -0.2) is 4.98 Å². The van der Waals surface area contributed by atoms with Crippen LogP contribution in [0.1, 0.15) is 6.92 Å². The van der Waals surface area contributed by atoms with Crippen LogP contribution in [0.3, 0.4) is 0 Å². The summed E-state index contributed by atoms with van der Waals surface area (Å²) >= 11 is 1.54. The second-order valence-corrected chi connectivity index (χ2v) is 4.79. The minimum Gasteiger partial charge on any atom is -0.308 e. The molecular formula is C11H10N4OS. The van der Waals surface area contributed by atoms with Gasteiger partial charge in [0, 0.05) is 25.6 Å². The lowest BCUT2D eigenvalue weighted by molar-refractivity contribution is -0.114. The number of aromatic nitrogens is 3. The van der Waals surface area contributed by atoms with Crippen LogP contribution in [-0.4, -0.2) is 20.7 Å². The molecule has 0 fully saturated rings. The van der Waals surface area contributed by atoms with E-state index in [1.54, 1.807) is 22.2 Å². The number of pyridine rings is 1. The van der Waals surface area contributed by atoms with Crippen LogP contribution in [0.5, 0.6) is 0 Å². The van der Waals surface area contributed by atoms with Gasteiger partial charge in [-0.1, -0.05) is 0 Å². The first kappa shape index (κ1) is 10.2. The van der Waals surface area contributed by atoms with E-state index in [0.717, 1.165) is 20.4 Å². The Kier molecular flexibility index (Phi) is 2.12. The summed E-state index contributed by atoms with van der Waals surface area (Å²) in [5.74, 6) is 0.494. The Morgan fingerprint density at radius 2 is 2.35 bits per heavy atom. The summed E-state index contributed by atoms with van der Waals surface area (Å²) in [5.41, 5.74) is 1.02. The van der Waals surface area contributed by atoms with Crippen molar-refractivity contribution >= 4 is 43.5 Å². The number of aryl methyl sites for hydroxylation is 1. The molecule has 3 aromatic rings. The first-order chi connectivity index (χ1) is 8.16. The highest BCUT2D eigenvalue weighted by Crippen LogP contribution is 2.36. The van der Waals surface area contributed by atoms with Gasteiger partial charge in [0.1, 0.15) is 4.83 Å². The summed E-state index contributed by atoms with van der Waals surface area (Å²) in [6.07, 6.45) is 1.77. The largest absolute Gasteiger partial charge is 0.308 e. The number of thiophene rings is 1. The minimum absolute atomic E-state index is 0.115. The molecule has 6 heteroatoms. The van der Waals surface area contributed by atoms with E-state index >= 15 is 0 Å². The lowest BCUT2D eigenvalue weighted by Crippen LogP contribution is -2.06. The van der Waals surface area contributed by atoms with Gasteiger partial charge >= 0.3 is 0 Å². The Bertz CT molecular complexity index is 728. The molecule has 1 N–H and O–H groups in total. The molecule has 0 aliphatic carbocycles. The monoisotopic (exact) mass is 246 g/mol. The molecule has 0 saturated carbocycles. The molecule has 0 spiro atoms. The standard InChI is InChI=1S/C11H10N4OS/c1-6(16)13-10-9-8(15(2)14-10)7-4-3-5-12-11(7)17-9/h3-5H,1-2H3,(H,13,14,16). The zero-order chi connectivity index (χ0) is 12.0. The van der Waals surface area contributed by atoms with Crippen LogP contribution in [0.2, 0.25) is 0 Å². The van der Waals surface area contributed by atoms with Crippen molar-refractivity contribution in [3.05, 3.63) is 18.3 Å². The molecule has 86 valence electrons. The molecule has 17 heavy (non-hydrogen) atoms. The molecule has 0 aromatic carbocycles. The molecule has 0 aliphatic heterocycles. The van der Waals surface area contributed by atoms with Crippen molar-refractivity contribution in [2.24, 2.45) is 7.05 Å². The molecule has 0 bridgehead atoms. The number of nitrogens with zero attached hydrogens (tertiary/aromatic N) is 3. The lowest BCUT2D eigenvalue weighted by Gasteiger charge is -1.95. The van der Waals surface area contributed by atoms with Gasteiger partial charge in [0.15, 0.2) is 5.82 Å². The van der Waals surface area contributed by atoms with E-state index < -0.39 is 0 Å². The Balaban J connectivity index is 2.36. The van der Waals surface area contributed by atoms with Crippen molar-refractivity contribution in [2.45, 2.75) is 6.92 Å². The van der Waals surface area contributed by atoms with Crippen molar-refractivity contribution in [3.63, 3.8) is 0 Å². The fourth-order valence-corrected chi connectivity index (χ4v) is 3.00. The fourth-order valence-electron chi connectivity index (χ4n) is 1.90. The van der Waals surface area contributed by atoms with Gasteiger partial charge < -0.3 is 5.32 Å². The SMILES string of the molecule is CC(=O)Nc1nn(C)c2c1sc1ncccc12. The van der Waals surface area contributed by atoms with Crippen LogP contribution in [-0.2, 0) is 11.8 Å². The third-order valence-electron chi connectivity index (χ3n) is 2.52. The van der Waals surface area contributed by atoms with Crippen molar-refractivity contribution in [1.82, 2.24) is 14.8 Å². The molecule has 0 saturated heterocycles. The van der Waals surface area contributed by atoms with Crippen LogP contribution in [0.4, 0.5) is 5.82 Å². The van der Waals surface area contributed by atoms with Crippen LogP contribution in [0.25, 0.3) is 20.4 Å². The molecule has 3 heterocycles. The van der Waals surface area contributed by atoms with Gasteiger partial charge in [0.2, 0.25) is 5.91 Å². The third kappa shape index (κ3) is 1.49. The van der Waals surface area contributed by atoms with E-state index in [2.05, 4.69) is 15.4 Å². The number of anilines is 1. The molecule has 5 nitrogen and oxygen atoms in total. The van der Waals surface area contributed by atoms with Crippen molar-refractivity contribution < 1.29 is 4.79 Å². The Hall–Kier alpha value is -1.95. The summed E-state index contributed by atoms with van der Waals surface area (Å²) < 4.78 is 2.75. The summed E-state index contributed by atoms with van der Waals surface area (Å²) in [7, 11) is 1.87. The molecule has 0 aliphatic rings. The Morgan fingerprint density at radius 1 is 1.53 bits per heavy atom. The predicted octanol–water partition coefficient (Wildman–Crippen LogP) is 2.14. The average Bonchev–Trinajstić information content (AvgIpc) is 2.78. The van der Waals surface area contributed by atoms with Gasteiger partial charge in [-0.05, 0) is 12.1 Å². The first-order valence-electron chi connectivity index (χ1n) is 5.14. The molecular weight excluding hydrogens is 236 g/mol. The second-order valence-electron chi connectivity index (χ2n) is 3.79. The number of amides is 1. The quantitative estimate of drug-likeness (QED) is 0.715. The molecule has 0 radical (unpaired) electrons. The molecule has 0 atom stereocenters. The highest BCUT2D eigenvalue weighted by Gasteiger charge is 2.15. The molecule has 3 aromatic heterocycles. The lowest BCUT2D eigenvalue weighted by atomic mass is 10.3. The Morgan fingerprint density at radius 3 is 3.12 bits per heavy atom. The van der Waals surface area contributed by atoms with Crippen molar-refractivity contribution in [2.75, 3.05) is 5.32 Å². The third-order valence-corrected chi connectivity index (χ3v) is 3.63. The summed E-state index contributed by atoms with van der Waals surface area (Å²) in [6, 6.07) is 3.92. The minimum atomic E-state index is -0.115. The highest BCUT2D eigenvalue weighted by molar-refractivity contribution is 7.26. The van der Waals surface area contributed by atoms with Crippen molar-refractivity contribution in [3.8, 4) is 0 Å². The fraction of sp³-hybridized carbons (Fsp3) is 0.182. The number of fused-ring (bicyclic) bond motifs is 3. The number of nitrogens with one attached hydrogen (secondary N) is 1. The number of carbonyl (C=O) groups excluding carboxylic acids is 1. The number of carbonyl (C=O) groups is 1. The van der Waals surface area contributed by atoms with Crippen molar-refractivity contribution in [1.29, 1.82) is 0 Å². The van der Waals surface area contributed by atoms with Gasteiger partial charge in [-0.3, -0.25) is 9.48 Å². The molecule has 0 unspecified atom stereocenters. The van der Waals surface area contributed by atoms with E-state index in [0.29, 0.717) is 5.82 Å². The van der Waals surface area contributed by atoms with E-state index in [-0.39, 0.29) is 5.91 Å². The van der Waals surface area contributed by atoms with E-state index in [4.69, 9.17) is 0 Å². The maximum Gasteiger partial charge on any atom is 0.222 e. The van der Waals surface area contributed by atoms with Gasteiger partial charge in [0.05, 0.1) is 10.2 Å². The van der Waals surface area contributed by atoms with E-state index in [1.165, 1.54) is 6.92 Å². The van der Waals surface area contributed by atoms with Crippen LogP contribution in [0, 0.1) is 0 Å². The zero-order valence-corrected chi connectivity index (χ0v) is 10.2. The highest BCUT2D eigenvalue weighted by atomic mass is 32.1. The van der Waals surface area contributed by atoms with Gasteiger partial charge in [-0.2, -0.15) is 5.10 Å². The predicted molar refractivity (Wildman–Crippen MR) is 68.2 cm³/mol. The number of hydrogen-bond acceptors (Lipinski definition) is 4. The first-order valence-corrected chi connectivity index (χ1v) is 5.96. The topological polar surface area (TPSA) is 59.8 Å². The van der Waals surface area contributed by atoms with Crippen LogP contribution >= 0.6 is 11.3 Å². The number of rotatable bonds is 1. The Labute approximate surface area is 101 Å². The maximum absolute atomic E-state index is 11.1. The maximum atomic E-state index is 11.1. The molecule has 1 amide bonds. The summed E-state index contributed by atoms with van der Waals surface area (Å²) in [6.45, 7) is 1.48. The zero-order valence-electron chi connectivity index (χ0n) is 9.39. The van der Waals surface area contributed by atoms with Gasteiger partial charge in [0.25, 0.3) is 0 Å². The van der Waals surface area contributed by atoms with Crippen LogP contribution in [0.15, 0.2) is 18.3 Å². The average molecular weight is 246 g/mol. The van der Waals surface area contributed by atoms with Crippen LogP contribution < -0.4 is 5.32 Å². The smallest absolute Gasteiger partial charge is 0.222 e. The second kappa shape index (κ2) is 3.53. The normalized spacial score (nSPS) is 11.2. The summed E-state index contributed by atoms with van der Waals surface area (Å²) in [4.78, 5) is 16.4. The van der Waals surface area contributed by atoms with E-state index in [9.17, 15) is 4.79 Å². The van der Waals surface area contributed by atoms with Gasteiger partial charge in [-0.15, -0.1) is 11.3 Å². The number of hydrogen-bond donors (Lipinski definition) is 1.